The number of benzene rings is 3. The highest BCUT2D eigenvalue weighted by atomic mass is 16.7. The summed E-state index contributed by atoms with van der Waals surface area (Å²) in [6.07, 6.45) is -0.723. The van der Waals surface area contributed by atoms with E-state index in [9.17, 15) is 19.2 Å². The van der Waals surface area contributed by atoms with Crippen LogP contribution in [0.2, 0.25) is 0 Å². The van der Waals surface area contributed by atoms with Gasteiger partial charge in [0.1, 0.15) is 12.6 Å². The number of amides is 3. The minimum atomic E-state index is -1.10. The van der Waals surface area contributed by atoms with Gasteiger partial charge in [-0.15, -0.1) is 0 Å². The molecule has 0 fully saturated rings. The molecule has 8 heteroatoms. The first-order chi connectivity index (χ1) is 16.9. The predicted octanol–water partition coefficient (Wildman–Crippen LogP) is 4.01. The molecule has 3 amide bonds. The third kappa shape index (κ3) is 3.73. The number of hydrogen-bond acceptors (Lipinski definition) is 6. The van der Waals surface area contributed by atoms with Gasteiger partial charge in [-0.25, -0.2) is 9.59 Å². The summed E-state index contributed by atoms with van der Waals surface area (Å²) in [5.74, 6) is -2.51. The highest BCUT2D eigenvalue weighted by molar-refractivity contribution is 6.20. The molecular weight excluding hydrogens is 448 g/mol. The lowest BCUT2D eigenvalue weighted by atomic mass is 9.98. The van der Waals surface area contributed by atoms with E-state index < -0.39 is 29.9 Å². The highest BCUT2D eigenvalue weighted by Gasteiger charge is 2.40. The Morgan fingerprint density at radius 2 is 1.29 bits per heavy atom. The van der Waals surface area contributed by atoms with Crippen LogP contribution in [-0.4, -0.2) is 53.5 Å². The number of imide groups is 1. The molecule has 3 aromatic carbocycles. The van der Waals surface area contributed by atoms with Crippen LogP contribution in [0.15, 0.2) is 72.8 Å². The largest absolute Gasteiger partial charge is 0.448 e. The molecule has 1 aliphatic carbocycles. The Balaban J connectivity index is 1.23. The van der Waals surface area contributed by atoms with E-state index in [0.717, 1.165) is 27.2 Å². The van der Waals surface area contributed by atoms with Crippen molar-refractivity contribution < 1.29 is 28.8 Å². The molecule has 2 aliphatic rings. The summed E-state index contributed by atoms with van der Waals surface area (Å²) in [4.78, 5) is 56.4. The second-order valence-electron chi connectivity index (χ2n) is 8.45. The Hall–Kier alpha value is -4.46. The van der Waals surface area contributed by atoms with E-state index in [2.05, 4.69) is 0 Å². The highest BCUT2D eigenvalue weighted by Crippen LogP contribution is 2.44. The van der Waals surface area contributed by atoms with Crippen molar-refractivity contribution in [2.75, 3.05) is 13.7 Å². The van der Waals surface area contributed by atoms with Crippen molar-refractivity contribution in [3.8, 4) is 11.1 Å². The summed E-state index contributed by atoms with van der Waals surface area (Å²) < 4.78 is 5.57. The molecule has 0 aromatic heterocycles. The average molecular weight is 470 g/mol. The van der Waals surface area contributed by atoms with E-state index >= 15 is 0 Å². The molecule has 0 saturated heterocycles. The van der Waals surface area contributed by atoms with Crippen LogP contribution in [0.3, 0.4) is 0 Å². The van der Waals surface area contributed by atoms with Crippen LogP contribution in [-0.2, 0) is 14.4 Å². The maximum Gasteiger partial charge on any atom is 0.410 e. The first kappa shape index (κ1) is 22.3. The molecule has 0 unspecified atom stereocenters. The Morgan fingerprint density at radius 1 is 0.829 bits per heavy atom. The summed E-state index contributed by atoms with van der Waals surface area (Å²) in [6.45, 7) is 1.53. The zero-order valence-corrected chi connectivity index (χ0v) is 19.1. The number of hydroxylamine groups is 2. The summed E-state index contributed by atoms with van der Waals surface area (Å²) in [5.41, 5.74) is 4.67. The summed E-state index contributed by atoms with van der Waals surface area (Å²) in [6, 6.07) is 21.0. The van der Waals surface area contributed by atoms with Gasteiger partial charge in [0.2, 0.25) is 0 Å². The van der Waals surface area contributed by atoms with Gasteiger partial charge in [-0.05, 0) is 41.3 Å². The Bertz CT molecular complexity index is 1290. The van der Waals surface area contributed by atoms with E-state index in [1.54, 1.807) is 12.1 Å². The van der Waals surface area contributed by atoms with Crippen molar-refractivity contribution in [3.63, 3.8) is 0 Å². The maximum atomic E-state index is 12.8. The van der Waals surface area contributed by atoms with Gasteiger partial charge < -0.3 is 9.57 Å². The molecule has 0 spiro atoms. The van der Waals surface area contributed by atoms with Gasteiger partial charge in [-0.2, -0.15) is 0 Å². The lowest BCUT2D eigenvalue weighted by Gasteiger charge is -2.25. The third-order valence-corrected chi connectivity index (χ3v) is 6.48. The molecule has 35 heavy (non-hydrogen) atoms. The standard InChI is InChI=1S/C27H22N2O6/c1-16(26(32)35-29-24(30)21-13-7-8-14-22(21)25(29)31)28(2)27(33)34-15-23-19-11-5-3-9-17(19)18-10-4-6-12-20(18)23/h3-14,16,23H,15H2,1-2H3/t16-/m0/s1. The summed E-state index contributed by atoms with van der Waals surface area (Å²) in [5, 5.41) is 0.426. The molecule has 1 heterocycles. The van der Waals surface area contributed by atoms with Gasteiger partial charge >= 0.3 is 12.1 Å². The number of fused-ring (bicyclic) bond motifs is 4. The van der Waals surface area contributed by atoms with Crippen molar-refractivity contribution in [1.29, 1.82) is 0 Å². The lowest BCUT2D eigenvalue weighted by Crippen LogP contribution is -2.45. The van der Waals surface area contributed by atoms with Crippen molar-refractivity contribution in [2.24, 2.45) is 0 Å². The van der Waals surface area contributed by atoms with Gasteiger partial charge in [0, 0.05) is 13.0 Å². The zero-order chi connectivity index (χ0) is 24.7. The van der Waals surface area contributed by atoms with Crippen molar-refractivity contribution >= 4 is 23.9 Å². The fourth-order valence-corrected chi connectivity index (χ4v) is 4.43. The molecule has 0 saturated carbocycles. The number of rotatable bonds is 5. The molecular formula is C27H22N2O6. The zero-order valence-electron chi connectivity index (χ0n) is 19.1. The molecule has 1 aliphatic heterocycles. The van der Waals surface area contributed by atoms with E-state index in [1.807, 2.05) is 48.5 Å². The van der Waals surface area contributed by atoms with E-state index in [4.69, 9.17) is 9.57 Å². The Morgan fingerprint density at radius 3 is 1.80 bits per heavy atom. The smallest absolute Gasteiger partial charge is 0.410 e. The van der Waals surface area contributed by atoms with Crippen LogP contribution in [0.4, 0.5) is 4.79 Å². The Labute approximate surface area is 201 Å². The number of ether oxygens (including phenoxy) is 1. The number of carbonyl (C=O) groups excluding carboxylic acids is 4. The van der Waals surface area contributed by atoms with E-state index in [0.29, 0.717) is 5.06 Å². The number of hydrogen-bond donors (Lipinski definition) is 0. The van der Waals surface area contributed by atoms with Gasteiger partial charge in [0.25, 0.3) is 11.8 Å². The van der Waals surface area contributed by atoms with Crippen molar-refractivity contribution in [3.05, 3.63) is 95.1 Å². The second-order valence-corrected chi connectivity index (χ2v) is 8.45. The SMILES string of the molecule is C[C@@H](C(=O)ON1C(=O)c2ccccc2C1=O)N(C)C(=O)OCC1c2ccccc2-c2ccccc21. The van der Waals surface area contributed by atoms with Crippen LogP contribution in [0.1, 0.15) is 44.7 Å². The van der Waals surface area contributed by atoms with E-state index in [1.165, 1.54) is 26.1 Å². The summed E-state index contributed by atoms with van der Waals surface area (Å²) >= 11 is 0. The van der Waals surface area contributed by atoms with Crippen LogP contribution in [0.5, 0.6) is 0 Å². The summed E-state index contributed by atoms with van der Waals surface area (Å²) in [7, 11) is 1.40. The Kier molecular flexibility index (Phi) is 5.56. The topological polar surface area (TPSA) is 93.2 Å². The van der Waals surface area contributed by atoms with Crippen LogP contribution >= 0.6 is 0 Å². The first-order valence-electron chi connectivity index (χ1n) is 11.2. The number of nitrogens with zero attached hydrogens (tertiary/aromatic N) is 2. The van der Waals surface area contributed by atoms with Crippen LogP contribution in [0, 0.1) is 0 Å². The van der Waals surface area contributed by atoms with Gasteiger partial charge in [-0.3, -0.25) is 14.5 Å². The van der Waals surface area contributed by atoms with E-state index in [-0.39, 0.29) is 23.7 Å². The minimum Gasteiger partial charge on any atom is -0.448 e. The molecule has 5 rings (SSSR count). The van der Waals surface area contributed by atoms with Crippen LogP contribution < -0.4 is 0 Å². The van der Waals surface area contributed by atoms with Gasteiger partial charge in [0.05, 0.1) is 11.1 Å². The predicted molar refractivity (Wildman–Crippen MR) is 125 cm³/mol. The normalized spacial score (nSPS) is 14.7. The number of likely N-dealkylation sites (N-methyl/N-ethyl adjacent to an activating group) is 1. The minimum absolute atomic E-state index is 0.0946. The van der Waals surface area contributed by atoms with Crippen molar-refractivity contribution in [1.82, 2.24) is 9.96 Å². The molecule has 8 nitrogen and oxygen atoms in total. The van der Waals surface area contributed by atoms with Gasteiger partial charge in [0.15, 0.2) is 0 Å². The quantitative estimate of drug-likeness (QED) is 0.523. The molecule has 0 radical (unpaired) electrons. The fraction of sp³-hybridized carbons (Fsp3) is 0.185. The second kappa shape index (κ2) is 8.72. The molecule has 3 aromatic rings. The molecule has 1 atom stereocenters. The maximum absolute atomic E-state index is 12.8. The monoisotopic (exact) mass is 470 g/mol. The molecule has 176 valence electrons. The average Bonchev–Trinajstić information content (AvgIpc) is 3.33. The van der Waals surface area contributed by atoms with Crippen LogP contribution in [0.25, 0.3) is 11.1 Å². The fourth-order valence-electron chi connectivity index (χ4n) is 4.43. The van der Waals surface area contributed by atoms with Crippen molar-refractivity contribution in [2.45, 2.75) is 18.9 Å². The lowest BCUT2D eigenvalue weighted by molar-refractivity contribution is -0.173. The molecule has 0 N–H and O–H groups in total. The van der Waals surface area contributed by atoms with Gasteiger partial charge in [-0.1, -0.05) is 65.7 Å². The third-order valence-electron chi connectivity index (χ3n) is 6.48. The first-order valence-corrected chi connectivity index (χ1v) is 11.2. The number of carbonyl (C=O) groups is 4. The molecule has 0 bridgehead atoms.